The van der Waals surface area contributed by atoms with Gasteiger partial charge in [-0.2, -0.15) is 0 Å². The van der Waals surface area contributed by atoms with Gasteiger partial charge in [-0.25, -0.2) is 0 Å². The number of hydrogen-bond acceptors (Lipinski definition) is 1. The first-order valence-corrected chi connectivity index (χ1v) is 3.88. The maximum atomic E-state index is 10.7. The van der Waals surface area contributed by atoms with E-state index < -0.39 is 0 Å². The van der Waals surface area contributed by atoms with Crippen LogP contribution in [0.25, 0.3) is 0 Å². The van der Waals surface area contributed by atoms with Crippen molar-refractivity contribution in [1.29, 1.82) is 0 Å². The number of halogens is 2. The number of ketones is 1. The van der Waals surface area contributed by atoms with Crippen LogP contribution in [0.1, 0.15) is 19.3 Å². The predicted octanol–water partition coefficient (Wildman–Crippen LogP) is 1.95. The van der Waals surface area contributed by atoms with Gasteiger partial charge in [0.2, 0.25) is 0 Å². The van der Waals surface area contributed by atoms with Crippen LogP contribution in [-0.4, -0.2) is 16.5 Å². The Morgan fingerprint density at radius 3 is 2.56 bits per heavy atom. The zero-order chi connectivity index (χ0) is 6.85. The number of carbonyl (C=O) groups excluding carboxylic acids is 1. The van der Waals surface area contributed by atoms with Crippen LogP contribution >= 0.6 is 23.2 Å². The van der Waals surface area contributed by atoms with Gasteiger partial charge in [0.15, 0.2) is 5.78 Å². The van der Waals surface area contributed by atoms with E-state index in [2.05, 4.69) is 0 Å². The van der Waals surface area contributed by atoms with Crippen molar-refractivity contribution >= 4 is 29.0 Å². The summed E-state index contributed by atoms with van der Waals surface area (Å²) in [5.74, 6) is 0.147. The molecule has 0 bridgehead atoms. The first kappa shape index (κ1) is 7.36. The summed E-state index contributed by atoms with van der Waals surface area (Å²) < 4.78 is 0. The van der Waals surface area contributed by atoms with Gasteiger partial charge in [-0.05, 0) is 12.8 Å². The Bertz CT molecular complexity index is 124. The van der Waals surface area contributed by atoms with Crippen molar-refractivity contribution in [2.75, 3.05) is 0 Å². The number of carbonyl (C=O) groups is 1. The fraction of sp³-hybridized carbons (Fsp3) is 0.833. The molecule has 0 heterocycles. The first-order chi connectivity index (χ1) is 4.20. The first-order valence-electron chi connectivity index (χ1n) is 3.01. The summed E-state index contributed by atoms with van der Waals surface area (Å²) in [6.45, 7) is 0. The zero-order valence-electron chi connectivity index (χ0n) is 4.94. The molecule has 1 nitrogen and oxygen atoms in total. The standard InChI is InChI=1S/C6H8Cl2O/c7-4-1-2-6(9)5(8)3-4/h4-5H,1-3H2. The van der Waals surface area contributed by atoms with Gasteiger partial charge in [0.25, 0.3) is 0 Å². The molecule has 0 radical (unpaired) electrons. The van der Waals surface area contributed by atoms with Gasteiger partial charge in [0.05, 0.1) is 5.38 Å². The van der Waals surface area contributed by atoms with Crippen LogP contribution in [-0.2, 0) is 4.79 Å². The molecule has 0 amide bonds. The van der Waals surface area contributed by atoms with Crippen LogP contribution in [0.5, 0.6) is 0 Å². The number of rotatable bonds is 0. The van der Waals surface area contributed by atoms with Gasteiger partial charge >= 0.3 is 0 Å². The summed E-state index contributed by atoms with van der Waals surface area (Å²) in [6.07, 6.45) is 1.99. The fourth-order valence-electron chi connectivity index (χ4n) is 0.929. The molecule has 2 atom stereocenters. The topological polar surface area (TPSA) is 17.1 Å². The smallest absolute Gasteiger partial charge is 0.150 e. The van der Waals surface area contributed by atoms with E-state index >= 15 is 0 Å². The average molecular weight is 167 g/mol. The molecule has 1 rings (SSSR count). The lowest BCUT2D eigenvalue weighted by Gasteiger charge is -2.18. The van der Waals surface area contributed by atoms with Gasteiger partial charge in [0.1, 0.15) is 0 Å². The Morgan fingerprint density at radius 1 is 1.44 bits per heavy atom. The molecule has 0 spiro atoms. The Labute approximate surface area is 64.3 Å². The maximum Gasteiger partial charge on any atom is 0.150 e. The van der Waals surface area contributed by atoms with Crippen molar-refractivity contribution in [3.8, 4) is 0 Å². The molecule has 0 aromatic carbocycles. The highest BCUT2D eigenvalue weighted by molar-refractivity contribution is 6.32. The van der Waals surface area contributed by atoms with Crippen molar-refractivity contribution in [2.45, 2.75) is 30.0 Å². The minimum absolute atomic E-state index is 0.116. The minimum Gasteiger partial charge on any atom is -0.298 e. The van der Waals surface area contributed by atoms with Gasteiger partial charge < -0.3 is 0 Å². The summed E-state index contributed by atoms with van der Waals surface area (Å²) in [7, 11) is 0. The molecule has 3 heteroatoms. The van der Waals surface area contributed by atoms with E-state index in [1.54, 1.807) is 0 Å². The van der Waals surface area contributed by atoms with Crippen molar-refractivity contribution < 1.29 is 4.79 Å². The van der Waals surface area contributed by atoms with Crippen LogP contribution in [0.3, 0.4) is 0 Å². The molecule has 0 aromatic heterocycles. The SMILES string of the molecule is O=C1CCC(Cl)CC1Cl. The molecule has 0 saturated heterocycles. The normalized spacial score (nSPS) is 36.9. The van der Waals surface area contributed by atoms with Gasteiger partial charge in [0, 0.05) is 11.8 Å². The lowest BCUT2D eigenvalue weighted by atomic mass is 9.98. The molecule has 9 heavy (non-hydrogen) atoms. The molecular formula is C6H8Cl2O. The Kier molecular flexibility index (Phi) is 2.36. The highest BCUT2D eigenvalue weighted by Crippen LogP contribution is 2.23. The summed E-state index contributed by atoms with van der Waals surface area (Å²) in [5, 5.41) is -0.202. The zero-order valence-corrected chi connectivity index (χ0v) is 6.45. The van der Waals surface area contributed by atoms with Crippen molar-refractivity contribution in [1.82, 2.24) is 0 Å². The van der Waals surface area contributed by atoms with Crippen molar-refractivity contribution in [3.05, 3.63) is 0 Å². The number of hydrogen-bond donors (Lipinski definition) is 0. The fourth-order valence-corrected chi connectivity index (χ4v) is 1.63. The van der Waals surface area contributed by atoms with Crippen molar-refractivity contribution in [2.24, 2.45) is 0 Å². The van der Waals surface area contributed by atoms with Crippen LogP contribution < -0.4 is 0 Å². The average Bonchev–Trinajstić information content (AvgIpc) is 1.80. The van der Waals surface area contributed by atoms with Crippen LogP contribution in [0.4, 0.5) is 0 Å². The van der Waals surface area contributed by atoms with E-state index in [1.165, 1.54) is 0 Å². The van der Waals surface area contributed by atoms with Crippen LogP contribution in [0, 0.1) is 0 Å². The maximum absolute atomic E-state index is 10.7. The Balaban J connectivity index is 2.44. The van der Waals surface area contributed by atoms with E-state index in [0.717, 1.165) is 6.42 Å². The molecule has 0 aliphatic heterocycles. The Hall–Kier alpha value is 0.250. The summed E-state index contributed by atoms with van der Waals surface area (Å²) in [6, 6.07) is 0. The monoisotopic (exact) mass is 166 g/mol. The largest absolute Gasteiger partial charge is 0.298 e. The third-order valence-corrected chi connectivity index (χ3v) is 2.33. The second kappa shape index (κ2) is 2.89. The summed E-state index contributed by atoms with van der Waals surface area (Å²) in [5.41, 5.74) is 0. The van der Waals surface area contributed by atoms with Gasteiger partial charge in [-0.15, -0.1) is 23.2 Å². The number of alkyl halides is 2. The van der Waals surface area contributed by atoms with Crippen LogP contribution in [0.15, 0.2) is 0 Å². The highest BCUT2D eigenvalue weighted by Gasteiger charge is 2.25. The van der Waals surface area contributed by atoms with E-state index in [0.29, 0.717) is 12.8 Å². The molecule has 1 aliphatic carbocycles. The Morgan fingerprint density at radius 2 is 2.11 bits per heavy atom. The molecule has 1 saturated carbocycles. The molecule has 0 N–H and O–H groups in total. The van der Waals surface area contributed by atoms with E-state index in [-0.39, 0.29) is 16.5 Å². The third kappa shape index (κ3) is 1.84. The summed E-state index contributed by atoms with van der Waals surface area (Å²) >= 11 is 11.4. The van der Waals surface area contributed by atoms with Gasteiger partial charge in [-0.3, -0.25) is 4.79 Å². The van der Waals surface area contributed by atoms with E-state index in [9.17, 15) is 4.79 Å². The molecule has 52 valence electrons. The molecule has 2 unspecified atom stereocenters. The quantitative estimate of drug-likeness (QED) is 0.504. The van der Waals surface area contributed by atoms with Crippen molar-refractivity contribution in [3.63, 3.8) is 0 Å². The second-order valence-electron chi connectivity index (χ2n) is 2.31. The predicted molar refractivity (Wildman–Crippen MR) is 38.1 cm³/mol. The molecule has 1 fully saturated rings. The number of Topliss-reactive ketones (excluding diaryl/α,β-unsaturated/α-hetero) is 1. The molecule has 1 aliphatic rings. The minimum atomic E-state index is -0.318. The lowest BCUT2D eigenvalue weighted by molar-refractivity contribution is -0.119. The summed E-state index contributed by atoms with van der Waals surface area (Å²) in [4.78, 5) is 10.7. The van der Waals surface area contributed by atoms with Crippen LogP contribution in [0.2, 0.25) is 0 Å². The highest BCUT2D eigenvalue weighted by atomic mass is 35.5. The van der Waals surface area contributed by atoms with E-state index in [4.69, 9.17) is 23.2 Å². The molecule has 0 aromatic rings. The molecular weight excluding hydrogens is 159 g/mol. The van der Waals surface area contributed by atoms with E-state index in [1.807, 2.05) is 0 Å². The second-order valence-corrected chi connectivity index (χ2v) is 3.45. The third-order valence-electron chi connectivity index (χ3n) is 1.52. The lowest BCUT2D eigenvalue weighted by Crippen LogP contribution is -2.25. The van der Waals surface area contributed by atoms with Gasteiger partial charge in [-0.1, -0.05) is 0 Å².